The minimum absolute atomic E-state index is 0.0243. The largest absolute Gasteiger partial charge is 0.331 e. The highest BCUT2D eigenvalue weighted by atomic mass is 16.2. The van der Waals surface area contributed by atoms with Crippen molar-refractivity contribution in [3.8, 4) is 0 Å². The number of rotatable bonds is 2. The maximum Gasteiger partial charge on any atom is 0.230 e. The van der Waals surface area contributed by atoms with Crippen LogP contribution in [0.25, 0.3) is 0 Å². The Balaban J connectivity index is 2.21. The van der Waals surface area contributed by atoms with Crippen LogP contribution >= 0.6 is 0 Å². The van der Waals surface area contributed by atoms with Crippen LogP contribution in [-0.4, -0.2) is 23.1 Å². The van der Waals surface area contributed by atoms with Crippen LogP contribution in [-0.2, 0) is 16.1 Å². The van der Waals surface area contributed by atoms with E-state index in [1.165, 1.54) is 11.1 Å². The van der Waals surface area contributed by atoms with Gasteiger partial charge in [-0.3, -0.25) is 9.59 Å². The zero-order chi connectivity index (χ0) is 11.7. The van der Waals surface area contributed by atoms with E-state index in [1.54, 1.807) is 4.90 Å². The lowest BCUT2D eigenvalue weighted by Crippen LogP contribution is -2.25. The number of hydrogen-bond acceptors (Lipinski definition) is 2. The van der Waals surface area contributed by atoms with E-state index in [-0.39, 0.29) is 24.7 Å². The first-order chi connectivity index (χ1) is 7.58. The summed E-state index contributed by atoms with van der Waals surface area (Å²) < 4.78 is 0. The van der Waals surface area contributed by atoms with Gasteiger partial charge in [-0.05, 0) is 30.5 Å². The smallest absolute Gasteiger partial charge is 0.230 e. The SMILES string of the molecule is Cc1cccc(C)c1CN1CC(=O)CC1=O. The van der Waals surface area contributed by atoms with E-state index in [0.29, 0.717) is 6.54 Å². The van der Waals surface area contributed by atoms with Crippen molar-refractivity contribution >= 4 is 11.7 Å². The highest BCUT2D eigenvalue weighted by Crippen LogP contribution is 2.18. The van der Waals surface area contributed by atoms with Gasteiger partial charge in [0.1, 0.15) is 0 Å². The van der Waals surface area contributed by atoms with Crippen LogP contribution in [0, 0.1) is 13.8 Å². The Kier molecular flexibility index (Phi) is 2.77. The summed E-state index contributed by atoms with van der Waals surface area (Å²) in [6.07, 6.45) is 0.0743. The fourth-order valence-electron chi connectivity index (χ4n) is 2.07. The molecule has 3 nitrogen and oxygen atoms in total. The molecule has 0 spiro atoms. The molecule has 0 aliphatic carbocycles. The summed E-state index contributed by atoms with van der Waals surface area (Å²) in [7, 11) is 0. The molecule has 1 aromatic carbocycles. The molecule has 84 valence electrons. The molecule has 1 heterocycles. The van der Waals surface area contributed by atoms with Gasteiger partial charge in [-0.25, -0.2) is 0 Å². The summed E-state index contributed by atoms with van der Waals surface area (Å²) in [5.41, 5.74) is 3.50. The summed E-state index contributed by atoms with van der Waals surface area (Å²) >= 11 is 0. The van der Waals surface area contributed by atoms with E-state index in [9.17, 15) is 9.59 Å². The second-order valence-electron chi connectivity index (χ2n) is 4.34. The molecule has 1 saturated heterocycles. The van der Waals surface area contributed by atoms with Gasteiger partial charge in [0.05, 0.1) is 13.0 Å². The van der Waals surface area contributed by atoms with Crippen LogP contribution in [0.3, 0.4) is 0 Å². The Labute approximate surface area is 95.1 Å². The lowest BCUT2D eigenvalue weighted by Gasteiger charge is -2.18. The third kappa shape index (κ3) is 1.98. The highest BCUT2D eigenvalue weighted by molar-refractivity contribution is 6.05. The molecule has 0 radical (unpaired) electrons. The Hall–Kier alpha value is -1.64. The number of Topliss-reactive ketones (excluding diaryl/α,β-unsaturated/α-hetero) is 1. The molecule has 0 saturated carbocycles. The predicted molar refractivity (Wildman–Crippen MR) is 61.0 cm³/mol. The molecule has 0 N–H and O–H groups in total. The monoisotopic (exact) mass is 217 g/mol. The van der Waals surface area contributed by atoms with Gasteiger partial charge in [0.2, 0.25) is 5.91 Å². The highest BCUT2D eigenvalue weighted by Gasteiger charge is 2.27. The molecule has 1 amide bonds. The van der Waals surface area contributed by atoms with Crippen molar-refractivity contribution in [1.82, 2.24) is 4.90 Å². The van der Waals surface area contributed by atoms with Crippen LogP contribution in [0.15, 0.2) is 18.2 Å². The van der Waals surface area contributed by atoms with E-state index in [4.69, 9.17) is 0 Å². The molecule has 1 fully saturated rings. The van der Waals surface area contributed by atoms with Crippen LogP contribution in [0.4, 0.5) is 0 Å². The maximum atomic E-state index is 11.5. The predicted octanol–water partition coefficient (Wildman–Crippen LogP) is 1.60. The van der Waals surface area contributed by atoms with Crippen molar-refractivity contribution in [2.45, 2.75) is 26.8 Å². The van der Waals surface area contributed by atoms with Crippen LogP contribution < -0.4 is 0 Å². The molecule has 2 rings (SSSR count). The number of carbonyl (C=O) groups excluding carboxylic acids is 2. The fraction of sp³-hybridized carbons (Fsp3) is 0.385. The lowest BCUT2D eigenvalue weighted by molar-refractivity contribution is -0.128. The van der Waals surface area contributed by atoms with Crippen molar-refractivity contribution in [1.29, 1.82) is 0 Å². The van der Waals surface area contributed by atoms with E-state index < -0.39 is 0 Å². The maximum absolute atomic E-state index is 11.5. The zero-order valence-electron chi connectivity index (χ0n) is 9.62. The van der Waals surface area contributed by atoms with Crippen molar-refractivity contribution < 1.29 is 9.59 Å². The number of nitrogens with zero attached hydrogens (tertiary/aromatic N) is 1. The van der Waals surface area contributed by atoms with Gasteiger partial charge in [0.15, 0.2) is 5.78 Å². The van der Waals surface area contributed by atoms with Crippen LogP contribution in [0.2, 0.25) is 0 Å². The van der Waals surface area contributed by atoms with E-state index in [1.807, 2.05) is 32.0 Å². The first kappa shape index (κ1) is 10.9. The quantitative estimate of drug-likeness (QED) is 0.706. The molecular weight excluding hydrogens is 202 g/mol. The Morgan fingerprint density at radius 1 is 1.19 bits per heavy atom. The summed E-state index contributed by atoms with van der Waals surface area (Å²) in [5, 5.41) is 0. The first-order valence-electron chi connectivity index (χ1n) is 5.42. The number of benzene rings is 1. The van der Waals surface area contributed by atoms with E-state index >= 15 is 0 Å². The second kappa shape index (κ2) is 4.08. The molecule has 1 aromatic rings. The minimum Gasteiger partial charge on any atom is -0.331 e. The third-order valence-corrected chi connectivity index (χ3v) is 3.06. The van der Waals surface area contributed by atoms with Gasteiger partial charge in [0, 0.05) is 6.54 Å². The van der Waals surface area contributed by atoms with Crippen molar-refractivity contribution in [2.24, 2.45) is 0 Å². The van der Waals surface area contributed by atoms with Gasteiger partial charge in [-0.15, -0.1) is 0 Å². The molecule has 16 heavy (non-hydrogen) atoms. The summed E-state index contributed by atoms with van der Waals surface area (Å²) in [5.74, 6) is -0.0242. The topological polar surface area (TPSA) is 37.4 Å². The number of amides is 1. The average Bonchev–Trinajstić information content (AvgIpc) is 2.51. The average molecular weight is 217 g/mol. The Morgan fingerprint density at radius 3 is 2.31 bits per heavy atom. The van der Waals surface area contributed by atoms with Crippen LogP contribution in [0.5, 0.6) is 0 Å². The molecular formula is C13H15NO2. The number of hydrogen-bond donors (Lipinski definition) is 0. The molecule has 1 aliphatic heterocycles. The van der Waals surface area contributed by atoms with E-state index in [0.717, 1.165) is 5.56 Å². The molecule has 3 heteroatoms. The van der Waals surface area contributed by atoms with Crippen molar-refractivity contribution in [2.75, 3.05) is 6.54 Å². The molecule has 0 atom stereocenters. The Morgan fingerprint density at radius 2 is 1.81 bits per heavy atom. The third-order valence-electron chi connectivity index (χ3n) is 3.06. The van der Waals surface area contributed by atoms with Gasteiger partial charge in [-0.2, -0.15) is 0 Å². The number of aryl methyl sites for hydroxylation is 2. The van der Waals surface area contributed by atoms with Gasteiger partial charge in [0.25, 0.3) is 0 Å². The normalized spacial score (nSPS) is 16.0. The number of likely N-dealkylation sites (tertiary alicyclic amines) is 1. The van der Waals surface area contributed by atoms with Crippen LogP contribution in [0.1, 0.15) is 23.1 Å². The summed E-state index contributed by atoms with van der Waals surface area (Å²) in [6.45, 7) is 4.89. The van der Waals surface area contributed by atoms with Gasteiger partial charge >= 0.3 is 0 Å². The number of ketones is 1. The van der Waals surface area contributed by atoms with E-state index in [2.05, 4.69) is 0 Å². The molecule has 0 aromatic heterocycles. The minimum atomic E-state index is -0.0485. The molecule has 1 aliphatic rings. The van der Waals surface area contributed by atoms with Crippen molar-refractivity contribution in [3.63, 3.8) is 0 Å². The van der Waals surface area contributed by atoms with Crippen molar-refractivity contribution in [3.05, 3.63) is 34.9 Å². The number of carbonyl (C=O) groups is 2. The molecule has 0 bridgehead atoms. The Bertz CT molecular complexity index is 431. The lowest BCUT2D eigenvalue weighted by atomic mass is 10.0. The summed E-state index contributed by atoms with van der Waals surface area (Å²) in [4.78, 5) is 24.3. The second-order valence-corrected chi connectivity index (χ2v) is 4.34. The van der Waals surface area contributed by atoms with Gasteiger partial charge < -0.3 is 4.90 Å². The first-order valence-corrected chi connectivity index (χ1v) is 5.42. The fourth-order valence-corrected chi connectivity index (χ4v) is 2.07. The van der Waals surface area contributed by atoms with Gasteiger partial charge in [-0.1, -0.05) is 18.2 Å². The molecule has 0 unspecified atom stereocenters. The standard InChI is InChI=1S/C13H15NO2/c1-9-4-3-5-10(2)12(9)8-14-7-11(15)6-13(14)16/h3-5H,6-8H2,1-2H3. The zero-order valence-corrected chi connectivity index (χ0v) is 9.62. The summed E-state index contributed by atoms with van der Waals surface area (Å²) in [6, 6.07) is 6.07.